The van der Waals surface area contributed by atoms with Crippen molar-refractivity contribution >= 4 is 11.4 Å². The van der Waals surface area contributed by atoms with Crippen LogP contribution in [0.1, 0.15) is 34.1 Å². The summed E-state index contributed by atoms with van der Waals surface area (Å²) in [4.78, 5) is 10.4. The molecule has 0 saturated carbocycles. The van der Waals surface area contributed by atoms with Crippen LogP contribution in [0.15, 0.2) is 18.2 Å². The van der Waals surface area contributed by atoms with Crippen molar-refractivity contribution in [1.82, 2.24) is 0 Å². The van der Waals surface area contributed by atoms with Crippen LogP contribution in [0.4, 0.5) is 11.4 Å². The summed E-state index contributed by atoms with van der Waals surface area (Å²) in [7, 11) is 0. The summed E-state index contributed by atoms with van der Waals surface area (Å²) in [6, 6.07) is 4.61. The predicted molar refractivity (Wildman–Crippen MR) is 82.8 cm³/mol. The van der Waals surface area contributed by atoms with E-state index in [0.29, 0.717) is 31.2 Å². The molecule has 1 atom stereocenters. The summed E-state index contributed by atoms with van der Waals surface area (Å²) < 4.78 is 5.29. The second-order valence-corrected chi connectivity index (χ2v) is 5.82. The Morgan fingerprint density at radius 3 is 2.67 bits per heavy atom. The molecule has 6 nitrogen and oxygen atoms in total. The molecule has 1 aromatic rings. The highest BCUT2D eigenvalue weighted by Gasteiger charge is 2.22. The molecule has 6 heteroatoms. The topological polar surface area (TPSA) is 84.6 Å². The van der Waals surface area contributed by atoms with Gasteiger partial charge in [0.2, 0.25) is 0 Å². The molecule has 0 heterocycles. The molecule has 0 aliphatic heterocycles. The first kappa shape index (κ1) is 17.2. The fraction of sp³-hybridized carbons (Fsp3) is 0.600. The third-order valence-electron chi connectivity index (χ3n) is 2.98. The molecule has 0 bridgehead atoms. The van der Waals surface area contributed by atoms with E-state index in [4.69, 9.17) is 4.74 Å². The number of nitrogens with zero attached hydrogens (tertiary/aromatic N) is 1. The van der Waals surface area contributed by atoms with Gasteiger partial charge in [-0.25, -0.2) is 0 Å². The van der Waals surface area contributed by atoms with Crippen molar-refractivity contribution in [3.8, 4) is 5.75 Å². The third kappa shape index (κ3) is 5.59. The van der Waals surface area contributed by atoms with Crippen LogP contribution < -0.4 is 10.1 Å². The summed E-state index contributed by atoms with van der Waals surface area (Å²) in [6.07, 6.45) is 0.672. The number of nitro groups is 1. The lowest BCUT2D eigenvalue weighted by atomic mass is 9.94. The number of hydrogen-bond donors (Lipinski definition) is 2. The van der Waals surface area contributed by atoms with Gasteiger partial charge in [0.25, 0.3) is 0 Å². The molecule has 2 N–H and O–H groups in total. The maximum absolute atomic E-state index is 10.9. The quantitative estimate of drug-likeness (QED) is 0.568. The zero-order chi connectivity index (χ0) is 16.0. The van der Waals surface area contributed by atoms with Crippen LogP contribution in [-0.2, 0) is 0 Å². The molecule has 0 aliphatic carbocycles. The largest absolute Gasteiger partial charge is 0.487 e. The van der Waals surface area contributed by atoms with Gasteiger partial charge in [0.1, 0.15) is 0 Å². The first-order chi connectivity index (χ1) is 9.75. The van der Waals surface area contributed by atoms with Crippen LogP contribution >= 0.6 is 0 Å². The van der Waals surface area contributed by atoms with Crippen LogP contribution in [0.3, 0.4) is 0 Å². The van der Waals surface area contributed by atoms with E-state index in [1.165, 1.54) is 6.07 Å². The van der Waals surface area contributed by atoms with Crippen molar-refractivity contribution in [2.45, 2.75) is 39.7 Å². The van der Waals surface area contributed by atoms with E-state index in [1.54, 1.807) is 26.0 Å². The van der Waals surface area contributed by atoms with Crippen molar-refractivity contribution in [2.75, 3.05) is 18.5 Å². The summed E-state index contributed by atoms with van der Waals surface area (Å²) >= 11 is 0. The number of benzene rings is 1. The van der Waals surface area contributed by atoms with Gasteiger partial charge in [-0.05, 0) is 32.3 Å². The Bertz CT molecular complexity index is 487. The van der Waals surface area contributed by atoms with Crippen LogP contribution in [0.25, 0.3) is 0 Å². The molecule has 0 amide bonds. The molecule has 1 unspecified atom stereocenters. The number of nitro benzene ring substituents is 1. The summed E-state index contributed by atoms with van der Waals surface area (Å²) in [6.45, 7) is 8.37. The van der Waals surface area contributed by atoms with Crippen molar-refractivity contribution in [1.29, 1.82) is 0 Å². The Balaban J connectivity index is 2.80. The van der Waals surface area contributed by atoms with Gasteiger partial charge in [0.15, 0.2) is 5.75 Å². The van der Waals surface area contributed by atoms with Gasteiger partial charge in [0, 0.05) is 24.4 Å². The van der Waals surface area contributed by atoms with Gasteiger partial charge < -0.3 is 15.2 Å². The van der Waals surface area contributed by atoms with Crippen LogP contribution in [0.2, 0.25) is 0 Å². The Kier molecular flexibility index (Phi) is 5.96. The van der Waals surface area contributed by atoms with E-state index in [-0.39, 0.29) is 11.4 Å². The minimum Gasteiger partial charge on any atom is -0.487 e. The van der Waals surface area contributed by atoms with Crippen molar-refractivity contribution in [3.63, 3.8) is 0 Å². The monoisotopic (exact) mass is 296 g/mol. The predicted octanol–water partition coefficient (Wildman–Crippen LogP) is 3.20. The number of anilines is 1. The molecule has 0 aliphatic rings. The fourth-order valence-electron chi connectivity index (χ4n) is 2.29. The van der Waals surface area contributed by atoms with Gasteiger partial charge in [-0.15, -0.1) is 0 Å². The van der Waals surface area contributed by atoms with Gasteiger partial charge in [0.05, 0.1) is 17.1 Å². The lowest BCUT2D eigenvalue weighted by Crippen LogP contribution is -2.34. The van der Waals surface area contributed by atoms with Crippen molar-refractivity contribution < 1.29 is 14.8 Å². The number of aliphatic hydroxyl groups is 1. The molecular weight excluding hydrogens is 272 g/mol. The Morgan fingerprint density at radius 1 is 1.48 bits per heavy atom. The van der Waals surface area contributed by atoms with E-state index in [9.17, 15) is 15.2 Å². The van der Waals surface area contributed by atoms with Crippen LogP contribution in [0.5, 0.6) is 5.75 Å². The standard InChI is InChI=1S/C15H24N2O4/c1-5-21-14-8-12(6-7-13(14)17(19)20)16-10-15(4,18)9-11(2)3/h6-8,11,16,18H,5,9-10H2,1-4H3. The molecular formula is C15H24N2O4. The van der Waals surface area contributed by atoms with Crippen molar-refractivity contribution in [2.24, 2.45) is 5.92 Å². The number of ether oxygens (including phenoxy) is 1. The summed E-state index contributed by atoms with van der Waals surface area (Å²) in [5, 5.41) is 24.3. The molecule has 0 radical (unpaired) electrons. The molecule has 21 heavy (non-hydrogen) atoms. The summed E-state index contributed by atoms with van der Waals surface area (Å²) in [5.74, 6) is 0.619. The van der Waals surface area contributed by atoms with E-state index < -0.39 is 10.5 Å². The Hall–Kier alpha value is -1.82. The zero-order valence-corrected chi connectivity index (χ0v) is 13.0. The molecule has 118 valence electrons. The lowest BCUT2D eigenvalue weighted by Gasteiger charge is -2.26. The summed E-state index contributed by atoms with van der Waals surface area (Å²) in [5.41, 5.74) is -0.203. The molecule has 0 fully saturated rings. The Labute approximate surface area is 125 Å². The van der Waals surface area contributed by atoms with Gasteiger partial charge in [-0.1, -0.05) is 13.8 Å². The maximum atomic E-state index is 10.9. The third-order valence-corrected chi connectivity index (χ3v) is 2.98. The SMILES string of the molecule is CCOc1cc(NCC(C)(O)CC(C)C)ccc1[N+](=O)[O-]. The molecule has 1 aromatic carbocycles. The molecule has 0 saturated heterocycles. The zero-order valence-electron chi connectivity index (χ0n) is 13.0. The average molecular weight is 296 g/mol. The van der Waals surface area contributed by atoms with E-state index in [1.807, 2.05) is 13.8 Å². The number of hydrogen-bond acceptors (Lipinski definition) is 5. The van der Waals surface area contributed by atoms with Gasteiger partial charge in [-0.3, -0.25) is 10.1 Å². The lowest BCUT2D eigenvalue weighted by molar-refractivity contribution is -0.385. The molecule has 0 spiro atoms. The minimum absolute atomic E-state index is 0.0589. The van der Waals surface area contributed by atoms with Gasteiger partial charge in [-0.2, -0.15) is 0 Å². The maximum Gasteiger partial charge on any atom is 0.311 e. The van der Waals surface area contributed by atoms with E-state index in [2.05, 4.69) is 5.32 Å². The van der Waals surface area contributed by atoms with E-state index >= 15 is 0 Å². The average Bonchev–Trinajstić information content (AvgIpc) is 2.35. The first-order valence-electron chi connectivity index (χ1n) is 7.12. The number of nitrogens with one attached hydrogen (secondary N) is 1. The fourth-order valence-corrected chi connectivity index (χ4v) is 2.29. The number of rotatable bonds is 8. The van der Waals surface area contributed by atoms with Crippen molar-refractivity contribution in [3.05, 3.63) is 28.3 Å². The first-order valence-corrected chi connectivity index (χ1v) is 7.12. The van der Waals surface area contributed by atoms with Gasteiger partial charge >= 0.3 is 5.69 Å². The smallest absolute Gasteiger partial charge is 0.311 e. The molecule has 1 rings (SSSR count). The second-order valence-electron chi connectivity index (χ2n) is 5.82. The van der Waals surface area contributed by atoms with E-state index in [0.717, 1.165) is 0 Å². The van der Waals surface area contributed by atoms with Crippen LogP contribution in [0, 0.1) is 16.0 Å². The highest BCUT2D eigenvalue weighted by molar-refractivity contribution is 5.58. The molecule has 0 aromatic heterocycles. The normalized spacial score (nSPS) is 13.8. The minimum atomic E-state index is -0.832. The van der Waals surface area contributed by atoms with Crippen LogP contribution in [-0.4, -0.2) is 28.8 Å². The Morgan fingerprint density at radius 2 is 2.14 bits per heavy atom. The highest BCUT2D eigenvalue weighted by atomic mass is 16.6. The highest BCUT2D eigenvalue weighted by Crippen LogP contribution is 2.30. The second kappa shape index (κ2) is 7.26.